The van der Waals surface area contributed by atoms with Crippen LogP contribution in [0.1, 0.15) is 24.1 Å². The number of sulfonamides is 1. The number of hydrogen-bond acceptors (Lipinski definition) is 7. The van der Waals surface area contributed by atoms with Crippen molar-refractivity contribution in [3.63, 3.8) is 0 Å². The van der Waals surface area contributed by atoms with E-state index in [-0.39, 0.29) is 57.8 Å². The largest absolute Gasteiger partial charge is 0.409 e. The predicted octanol–water partition coefficient (Wildman–Crippen LogP) is 2.92. The number of halogens is 3. The zero-order chi connectivity index (χ0) is 29.1. The van der Waals surface area contributed by atoms with Gasteiger partial charge in [0.2, 0.25) is 16.4 Å². The smallest absolute Gasteiger partial charge is 0.309 e. The minimum Gasteiger partial charge on any atom is -0.309 e. The molecule has 0 radical (unpaired) electrons. The highest BCUT2D eigenvalue weighted by Gasteiger charge is 2.29. The molecule has 0 aliphatic carbocycles. The monoisotopic (exact) mass is 569 g/mol. The summed E-state index contributed by atoms with van der Waals surface area (Å²) in [7, 11) is -4.14. The van der Waals surface area contributed by atoms with Crippen LogP contribution in [0.15, 0.2) is 70.9 Å². The van der Waals surface area contributed by atoms with Gasteiger partial charge in [0.15, 0.2) is 0 Å². The standard InChI is InChI=1S/C24H26F3N5O4S2/c1-5-6-19(9-10-24(25,26)27)32(16-33)17(2)21(15-29)23(30-3)20-8-7-18(14-28)13-22(20)38(35,36)31-11-12-37(4)34/h5-10,13,16,23,30-31H,1,11-12H2,2-4H3/b10-9+,19-6+,21-17-/t23-,37?/m1/s1. The van der Waals surface area contributed by atoms with Crippen molar-refractivity contribution in [2.45, 2.75) is 24.0 Å². The van der Waals surface area contributed by atoms with E-state index in [0.29, 0.717) is 6.08 Å². The van der Waals surface area contributed by atoms with Gasteiger partial charge in [-0.25, -0.2) is 13.1 Å². The van der Waals surface area contributed by atoms with E-state index in [2.05, 4.69) is 16.6 Å². The molecule has 14 heteroatoms. The molecule has 0 saturated carbocycles. The lowest BCUT2D eigenvalue weighted by Crippen LogP contribution is -2.31. The van der Waals surface area contributed by atoms with Crippen LogP contribution in [-0.2, 0) is 25.6 Å². The Morgan fingerprint density at radius 1 is 1.32 bits per heavy atom. The fourth-order valence-electron chi connectivity index (χ4n) is 3.26. The third-order valence-electron chi connectivity index (χ3n) is 4.99. The Morgan fingerprint density at radius 3 is 2.45 bits per heavy atom. The first-order chi connectivity index (χ1) is 17.8. The predicted molar refractivity (Wildman–Crippen MR) is 137 cm³/mol. The van der Waals surface area contributed by atoms with E-state index in [9.17, 15) is 41.1 Å². The lowest BCUT2D eigenvalue weighted by Gasteiger charge is -2.26. The summed E-state index contributed by atoms with van der Waals surface area (Å²) >= 11 is 0. The van der Waals surface area contributed by atoms with E-state index < -0.39 is 33.0 Å². The lowest BCUT2D eigenvalue weighted by molar-refractivity contribution is -0.115. The second kappa shape index (κ2) is 14.4. The molecule has 1 unspecified atom stereocenters. The number of amides is 1. The van der Waals surface area contributed by atoms with Crippen molar-refractivity contribution in [1.82, 2.24) is 14.9 Å². The lowest BCUT2D eigenvalue weighted by atomic mass is 9.96. The summed E-state index contributed by atoms with van der Waals surface area (Å²) < 4.78 is 78.2. The average molecular weight is 570 g/mol. The third kappa shape index (κ3) is 9.08. The van der Waals surface area contributed by atoms with Gasteiger partial charge in [0, 0.05) is 46.8 Å². The van der Waals surface area contributed by atoms with Crippen LogP contribution in [0.25, 0.3) is 0 Å². The van der Waals surface area contributed by atoms with Gasteiger partial charge in [0.25, 0.3) is 0 Å². The van der Waals surface area contributed by atoms with Crippen LogP contribution >= 0.6 is 0 Å². The SMILES string of the molecule is C=C/C=C(\C=C\C(F)(F)F)N(C=O)/C(C)=C(/C#N)[C@H](NC)c1ccc(C#N)cc1S(=O)(=O)NCCS(C)=O. The summed E-state index contributed by atoms with van der Waals surface area (Å²) in [6.45, 7) is 4.58. The van der Waals surface area contributed by atoms with Crippen molar-refractivity contribution in [2.24, 2.45) is 0 Å². The Kier molecular flexibility index (Phi) is 12.3. The fourth-order valence-corrected chi connectivity index (χ4v) is 5.09. The number of nitrogens with zero attached hydrogens (tertiary/aromatic N) is 3. The summed E-state index contributed by atoms with van der Waals surface area (Å²) in [6, 6.07) is 6.31. The van der Waals surface area contributed by atoms with Gasteiger partial charge < -0.3 is 5.32 Å². The van der Waals surface area contributed by atoms with Gasteiger partial charge in [0.1, 0.15) is 0 Å². The van der Waals surface area contributed by atoms with Crippen LogP contribution in [0.3, 0.4) is 0 Å². The van der Waals surface area contributed by atoms with E-state index in [1.165, 1.54) is 32.4 Å². The second-order valence-electron chi connectivity index (χ2n) is 7.55. The number of likely N-dealkylation sites (N-methyl/N-ethyl adjacent to an activating group) is 1. The number of nitrogens with one attached hydrogen (secondary N) is 2. The van der Waals surface area contributed by atoms with Gasteiger partial charge in [-0.2, -0.15) is 23.7 Å². The molecule has 1 aromatic carbocycles. The minimum atomic E-state index is -4.68. The van der Waals surface area contributed by atoms with Crippen molar-refractivity contribution >= 4 is 27.2 Å². The molecule has 1 rings (SSSR count). The molecular weight excluding hydrogens is 543 g/mol. The van der Waals surface area contributed by atoms with E-state index in [4.69, 9.17) is 0 Å². The molecule has 0 aliphatic rings. The number of allylic oxidation sites excluding steroid dienone is 5. The number of carbonyl (C=O) groups is 1. The summed E-state index contributed by atoms with van der Waals surface area (Å²) in [5, 5.41) is 22.1. The van der Waals surface area contributed by atoms with E-state index in [0.717, 1.165) is 23.1 Å². The van der Waals surface area contributed by atoms with E-state index >= 15 is 0 Å². The Hall–Kier alpha value is -3.56. The number of hydrogen-bond donors (Lipinski definition) is 2. The molecule has 1 amide bonds. The molecule has 0 heterocycles. The molecule has 38 heavy (non-hydrogen) atoms. The summed E-state index contributed by atoms with van der Waals surface area (Å²) in [6.07, 6.45) is -0.252. The molecule has 0 aromatic heterocycles. The zero-order valence-corrected chi connectivity index (χ0v) is 22.4. The molecule has 2 N–H and O–H groups in total. The first kappa shape index (κ1) is 32.5. The summed E-state index contributed by atoms with van der Waals surface area (Å²) in [5.41, 5.74) is -0.507. The fraction of sp³-hybridized carbons (Fsp3) is 0.292. The third-order valence-corrected chi connectivity index (χ3v) is 7.28. The van der Waals surface area contributed by atoms with Crippen LogP contribution in [0.4, 0.5) is 13.2 Å². The van der Waals surface area contributed by atoms with Crippen LogP contribution < -0.4 is 10.0 Å². The first-order valence-corrected chi connectivity index (χ1v) is 13.9. The minimum absolute atomic E-state index is 0.00487. The molecule has 1 aromatic rings. The molecule has 9 nitrogen and oxygen atoms in total. The molecule has 0 bridgehead atoms. The number of rotatable bonds is 13. The van der Waals surface area contributed by atoms with Crippen LogP contribution in [0, 0.1) is 22.7 Å². The maximum absolute atomic E-state index is 13.1. The van der Waals surface area contributed by atoms with E-state index in [1.54, 1.807) is 0 Å². The highest BCUT2D eigenvalue weighted by Crippen LogP contribution is 2.32. The summed E-state index contributed by atoms with van der Waals surface area (Å²) in [5.74, 6) is 0.0303. The number of nitriles is 2. The van der Waals surface area contributed by atoms with Crippen LogP contribution in [0.2, 0.25) is 0 Å². The Labute approximate surface area is 222 Å². The van der Waals surface area contributed by atoms with Crippen molar-refractivity contribution in [2.75, 3.05) is 25.6 Å². The first-order valence-electron chi connectivity index (χ1n) is 10.7. The molecule has 2 atom stereocenters. The van der Waals surface area contributed by atoms with Gasteiger partial charge in [-0.3, -0.25) is 13.9 Å². The van der Waals surface area contributed by atoms with Gasteiger partial charge in [0.05, 0.1) is 34.2 Å². The molecule has 0 aliphatic heterocycles. The second-order valence-corrected chi connectivity index (χ2v) is 10.8. The van der Waals surface area contributed by atoms with Crippen LogP contribution in [0.5, 0.6) is 0 Å². The maximum atomic E-state index is 13.1. The van der Waals surface area contributed by atoms with Gasteiger partial charge >= 0.3 is 6.18 Å². The molecular formula is C24H26F3N5O4S2. The van der Waals surface area contributed by atoms with Crippen molar-refractivity contribution in [3.05, 3.63) is 77.2 Å². The molecule has 204 valence electrons. The van der Waals surface area contributed by atoms with Crippen molar-refractivity contribution in [1.29, 1.82) is 10.5 Å². The maximum Gasteiger partial charge on any atom is 0.409 e. The number of carbonyl (C=O) groups excluding carboxylic acids is 1. The molecule has 0 spiro atoms. The molecule has 0 fully saturated rings. The highest BCUT2D eigenvalue weighted by atomic mass is 32.2. The highest BCUT2D eigenvalue weighted by molar-refractivity contribution is 7.89. The Morgan fingerprint density at radius 2 is 1.97 bits per heavy atom. The van der Waals surface area contributed by atoms with Crippen molar-refractivity contribution < 1.29 is 30.6 Å². The zero-order valence-electron chi connectivity index (χ0n) is 20.7. The van der Waals surface area contributed by atoms with Gasteiger partial charge in [-0.1, -0.05) is 18.7 Å². The van der Waals surface area contributed by atoms with Gasteiger partial charge in [-0.05, 0) is 43.8 Å². The summed E-state index contributed by atoms with van der Waals surface area (Å²) in [4.78, 5) is 12.4. The number of benzene rings is 1. The number of alkyl halides is 3. The topological polar surface area (TPSA) is 143 Å². The quantitative estimate of drug-likeness (QED) is 0.211. The van der Waals surface area contributed by atoms with Crippen LogP contribution in [-0.4, -0.2) is 55.7 Å². The molecule has 0 saturated heterocycles. The van der Waals surface area contributed by atoms with Crippen molar-refractivity contribution in [3.8, 4) is 12.1 Å². The average Bonchev–Trinajstić information content (AvgIpc) is 2.84. The normalized spacial score (nSPS) is 14.7. The van der Waals surface area contributed by atoms with E-state index in [1.807, 2.05) is 12.1 Å². The Balaban J connectivity index is 3.81. The Bertz CT molecular complexity index is 1350. The van der Waals surface area contributed by atoms with Gasteiger partial charge in [-0.15, -0.1) is 0 Å².